The molecule has 0 aliphatic carbocycles. The van der Waals surface area contributed by atoms with Gasteiger partial charge in [0.2, 0.25) is 5.95 Å². The van der Waals surface area contributed by atoms with Gasteiger partial charge in [-0.05, 0) is 18.1 Å². The Morgan fingerprint density at radius 3 is 2.68 bits per heavy atom. The molecule has 100 valence electrons. The molecular formula is C13H15N3O3. The topological polar surface area (TPSA) is 95.1 Å². The van der Waals surface area contributed by atoms with Crippen LogP contribution in [0.5, 0.6) is 0 Å². The number of fused-ring (bicyclic) bond motifs is 1. The zero-order valence-corrected chi connectivity index (χ0v) is 10.7. The second-order valence-electron chi connectivity index (χ2n) is 4.64. The molecule has 2 rings (SSSR count). The van der Waals surface area contributed by atoms with Gasteiger partial charge in [-0.1, -0.05) is 26.0 Å². The third-order valence-electron chi connectivity index (χ3n) is 2.84. The second kappa shape index (κ2) is 5.09. The lowest BCUT2D eigenvalue weighted by Gasteiger charge is -2.18. The molecule has 0 saturated heterocycles. The van der Waals surface area contributed by atoms with Gasteiger partial charge in [-0.15, -0.1) is 0 Å². The molecule has 0 spiro atoms. The van der Waals surface area contributed by atoms with Gasteiger partial charge < -0.3 is 10.4 Å². The number of carbonyl (C=O) groups is 1. The molecule has 0 radical (unpaired) electrons. The average Bonchev–Trinajstić information content (AvgIpc) is 2.35. The van der Waals surface area contributed by atoms with E-state index in [2.05, 4.69) is 15.3 Å². The van der Waals surface area contributed by atoms with Crippen molar-refractivity contribution < 1.29 is 9.90 Å². The van der Waals surface area contributed by atoms with Gasteiger partial charge in [0.05, 0.1) is 10.9 Å². The fraction of sp³-hybridized carbons (Fsp3) is 0.308. The van der Waals surface area contributed by atoms with Gasteiger partial charge in [0.1, 0.15) is 6.04 Å². The molecule has 2 aromatic rings. The number of aliphatic carboxylic acids is 1. The predicted molar refractivity (Wildman–Crippen MR) is 72.2 cm³/mol. The van der Waals surface area contributed by atoms with E-state index in [-0.39, 0.29) is 17.4 Å². The van der Waals surface area contributed by atoms with Crippen LogP contribution in [0.25, 0.3) is 10.9 Å². The highest BCUT2D eigenvalue weighted by Gasteiger charge is 2.22. The van der Waals surface area contributed by atoms with Gasteiger partial charge in [-0.3, -0.25) is 9.78 Å². The molecule has 0 amide bonds. The zero-order chi connectivity index (χ0) is 14.0. The van der Waals surface area contributed by atoms with Crippen molar-refractivity contribution in [3.8, 4) is 0 Å². The van der Waals surface area contributed by atoms with Crippen LogP contribution in [0.2, 0.25) is 0 Å². The molecule has 3 N–H and O–H groups in total. The van der Waals surface area contributed by atoms with Crippen molar-refractivity contribution in [3.05, 3.63) is 34.6 Å². The minimum atomic E-state index is -0.981. The van der Waals surface area contributed by atoms with E-state index >= 15 is 0 Å². The average molecular weight is 261 g/mol. The molecule has 0 unspecified atom stereocenters. The summed E-state index contributed by atoms with van der Waals surface area (Å²) < 4.78 is 0. The Morgan fingerprint density at radius 2 is 2.05 bits per heavy atom. The van der Waals surface area contributed by atoms with Crippen LogP contribution in [-0.4, -0.2) is 27.1 Å². The number of carboxylic acid groups (broad SMARTS) is 1. The first-order valence-corrected chi connectivity index (χ1v) is 5.97. The van der Waals surface area contributed by atoms with Crippen LogP contribution in [0.1, 0.15) is 13.8 Å². The Labute approximate surface area is 109 Å². The molecule has 1 heterocycles. The van der Waals surface area contributed by atoms with E-state index in [0.29, 0.717) is 10.9 Å². The number of hydrogen-bond acceptors (Lipinski definition) is 4. The van der Waals surface area contributed by atoms with Crippen molar-refractivity contribution in [2.24, 2.45) is 5.92 Å². The van der Waals surface area contributed by atoms with Crippen LogP contribution < -0.4 is 10.9 Å². The lowest BCUT2D eigenvalue weighted by atomic mass is 10.1. The van der Waals surface area contributed by atoms with E-state index in [0.717, 1.165) is 0 Å². The molecule has 0 aliphatic heterocycles. The minimum Gasteiger partial charge on any atom is -0.480 e. The molecule has 0 fully saturated rings. The molecule has 1 aromatic carbocycles. The summed E-state index contributed by atoms with van der Waals surface area (Å²) in [5, 5.41) is 12.3. The number of nitrogens with one attached hydrogen (secondary N) is 2. The van der Waals surface area contributed by atoms with E-state index in [9.17, 15) is 9.59 Å². The highest BCUT2D eigenvalue weighted by atomic mass is 16.4. The summed E-state index contributed by atoms with van der Waals surface area (Å²) in [7, 11) is 0. The lowest BCUT2D eigenvalue weighted by Crippen LogP contribution is -2.35. The summed E-state index contributed by atoms with van der Waals surface area (Å²) in [6.07, 6.45) is 0. The van der Waals surface area contributed by atoms with Gasteiger partial charge in [-0.2, -0.15) is 0 Å². The molecule has 0 saturated carbocycles. The molecule has 6 heteroatoms. The number of H-pyrrole nitrogens is 1. The first-order valence-electron chi connectivity index (χ1n) is 5.97. The summed E-state index contributed by atoms with van der Waals surface area (Å²) >= 11 is 0. The standard InChI is InChI=1S/C13H15N3O3/c1-7(2)10(12(18)19)15-13-14-9-6-4-3-5-8(9)11(17)16-13/h3-7,10H,1-2H3,(H,18,19)(H2,14,15,16,17)/t10-/m1/s1. The maximum Gasteiger partial charge on any atom is 0.326 e. The summed E-state index contributed by atoms with van der Waals surface area (Å²) in [5.41, 5.74) is 0.239. The predicted octanol–water partition coefficient (Wildman–Crippen LogP) is 1.44. The number of hydrogen-bond donors (Lipinski definition) is 3. The van der Waals surface area contributed by atoms with Gasteiger partial charge in [0, 0.05) is 0 Å². The van der Waals surface area contributed by atoms with Crippen molar-refractivity contribution in [1.29, 1.82) is 0 Å². The van der Waals surface area contributed by atoms with Crippen molar-refractivity contribution in [2.75, 3.05) is 5.32 Å². The Bertz CT molecular complexity index is 663. The van der Waals surface area contributed by atoms with Crippen LogP contribution in [0.3, 0.4) is 0 Å². The highest BCUT2D eigenvalue weighted by Crippen LogP contribution is 2.11. The fourth-order valence-corrected chi connectivity index (χ4v) is 1.82. The van der Waals surface area contributed by atoms with Crippen LogP contribution in [0, 0.1) is 5.92 Å². The third-order valence-corrected chi connectivity index (χ3v) is 2.84. The SMILES string of the molecule is CC(C)[C@@H](Nc1nc2ccccc2c(=O)[nH]1)C(=O)O. The van der Waals surface area contributed by atoms with E-state index in [4.69, 9.17) is 5.11 Å². The van der Waals surface area contributed by atoms with Crippen molar-refractivity contribution in [2.45, 2.75) is 19.9 Å². The summed E-state index contributed by atoms with van der Waals surface area (Å²) in [4.78, 5) is 29.7. The summed E-state index contributed by atoms with van der Waals surface area (Å²) in [6, 6.07) is 6.10. The molecule has 0 aliphatic rings. The summed E-state index contributed by atoms with van der Waals surface area (Å²) in [6.45, 7) is 3.57. The van der Waals surface area contributed by atoms with Gasteiger partial charge >= 0.3 is 5.97 Å². The molecule has 6 nitrogen and oxygen atoms in total. The second-order valence-corrected chi connectivity index (χ2v) is 4.64. The van der Waals surface area contributed by atoms with Crippen LogP contribution in [0.15, 0.2) is 29.1 Å². The molecule has 1 atom stereocenters. The Morgan fingerprint density at radius 1 is 1.37 bits per heavy atom. The smallest absolute Gasteiger partial charge is 0.326 e. The first-order chi connectivity index (χ1) is 8.99. The normalized spacial score (nSPS) is 12.6. The van der Waals surface area contributed by atoms with Crippen LogP contribution in [0.4, 0.5) is 5.95 Å². The van der Waals surface area contributed by atoms with Crippen molar-refractivity contribution >= 4 is 22.8 Å². The molecular weight excluding hydrogens is 246 g/mol. The van der Waals surface area contributed by atoms with E-state index in [1.807, 2.05) is 0 Å². The molecule has 1 aromatic heterocycles. The summed E-state index contributed by atoms with van der Waals surface area (Å²) in [5.74, 6) is -0.940. The number of para-hydroxylation sites is 1. The van der Waals surface area contributed by atoms with E-state index in [1.54, 1.807) is 38.1 Å². The first kappa shape index (κ1) is 13.1. The number of aromatic amines is 1. The van der Waals surface area contributed by atoms with E-state index < -0.39 is 12.0 Å². The highest BCUT2D eigenvalue weighted by molar-refractivity contribution is 5.80. The fourth-order valence-electron chi connectivity index (χ4n) is 1.82. The molecule has 19 heavy (non-hydrogen) atoms. The van der Waals surface area contributed by atoms with Gasteiger partial charge in [0.25, 0.3) is 5.56 Å². The maximum absolute atomic E-state index is 11.8. The Kier molecular flexibility index (Phi) is 3.50. The van der Waals surface area contributed by atoms with Crippen LogP contribution in [-0.2, 0) is 4.79 Å². The quantitative estimate of drug-likeness (QED) is 0.774. The number of carboxylic acids is 1. The van der Waals surface area contributed by atoms with Gasteiger partial charge in [0.15, 0.2) is 0 Å². The van der Waals surface area contributed by atoms with Crippen LogP contribution >= 0.6 is 0 Å². The largest absolute Gasteiger partial charge is 0.480 e. The third kappa shape index (κ3) is 2.73. The van der Waals surface area contributed by atoms with Crippen molar-refractivity contribution in [1.82, 2.24) is 9.97 Å². The van der Waals surface area contributed by atoms with E-state index in [1.165, 1.54) is 0 Å². The number of rotatable bonds is 4. The lowest BCUT2D eigenvalue weighted by molar-refractivity contribution is -0.138. The number of anilines is 1. The Hall–Kier alpha value is -2.37. The minimum absolute atomic E-state index is 0.130. The maximum atomic E-state index is 11.8. The number of nitrogens with zero attached hydrogens (tertiary/aromatic N) is 1. The van der Waals surface area contributed by atoms with Crippen molar-refractivity contribution in [3.63, 3.8) is 0 Å². The number of aromatic nitrogens is 2. The van der Waals surface area contributed by atoms with Gasteiger partial charge in [-0.25, -0.2) is 9.78 Å². The zero-order valence-electron chi connectivity index (χ0n) is 10.7. The monoisotopic (exact) mass is 261 g/mol. The molecule has 0 bridgehead atoms. The number of benzene rings is 1. The Balaban J connectivity index is 2.41.